The molecule has 3 heterocycles. The first-order valence-electron chi connectivity index (χ1n) is 13.1. The minimum atomic E-state index is -2.72. The normalized spacial score (nSPS) is 27.1. The van der Waals surface area contributed by atoms with Crippen LogP contribution in [0, 0.1) is 17.3 Å². The Morgan fingerprint density at radius 3 is 2.58 bits per heavy atom. The monoisotopic (exact) mass is 567 g/mol. The Bertz CT molecular complexity index is 1190. The highest BCUT2D eigenvalue weighted by molar-refractivity contribution is 6.35. The Labute approximate surface area is 231 Å². The van der Waals surface area contributed by atoms with Crippen molar-refractivity contribution < 1.29 is 18.7 Å². The average Bonchev–Trinajstić information content (AvgIpc) is 2.81. The van der Waals surface area contributed by atoms with Crippen molar-refractivity contribution in [3.8, 4) is 0 Å². The minimum absolute atomic E-state index is 0.0993. The lowest BCUT2D eigenvalue weighted by Crippen LogP contribution is -2.58. The predicted molar refractivity (Wildman–Crippen MR) is 144 cm³/mol. The first-order chi connectivity index (χ1) is 18.0. The van der Waals surface area contributed by atoms with E-state index in [1.165, 1.54) is 6.20 Å². The third-order valence-electron chi connectivity index (χ3n) is 8.58. The van der Waals surface area contributed by atoms with Gasteiger partial charge in [0.05, 0.1) is 17.0 Å². The van der Waals surface area contributed by atoms with Crippen LogP contribution in [-0.2, 0) is 4.79 Å². The van der Waals surface area contributed by atoms with Gasteiger partial charge in [-0.05, 0) is 75.6 Å². The van der Waals surface area contributed by atoms with Gasteiger partial charge in [0.2, 0.25) is 5.95 Å². The molecule has 1 aromatic carbocycles. The van der Waals surface area contributed by atoms with Gasteiger partial charge in [-0.3, -0.25) is 4.79 Å². The van der Waals surface area contributed by atoms with E-state index in [-0.39, 0.29) is 17.4 Å². The molecule has 0 unspecified atom stereocenters. The van der Waals surface area contributed by atoms with Crippen molar-refractivity contribution in [1.82, 2.24) is 14.9 Å². The van der Waals surface area contributed by atoms with E-state index in [0.29, 0.717) is 46.7 Å². The van der Waals surface area contributed by atoms with Crippen molar-refractivity contribution in [1.29, 1.82) is 0 Å². The van der Waals surface area contributed by atoms with Crippen molar-refractivity contribution >= 4 is 40.9 Å². The third kappa shape index (κ3) is 5.42. The number of hydrogen-bond acceptors (Lipinski definition) is 6. The number of likely N-dealkylation sites (tertiary alicyclic amines) is 1. The SMILES string of the molecule is C[C@@H](Nc1nc(N2CC([C@H]3CCCN(C4CC(C)(C(=O)O)C4)C3)C2)ncc1C(F)F)c1ccc(Cl)cc1Cl. The summed E-state index contributed by atoms with van der Waals surface area (Å²) < 4.78 is 27.5. The van der Waals surface area contributed by atoms with Crippen molar-refractivity contribution in [2.75, 3.05) is 36.4 Å². The topological polar surface area (TPSA) is 81.6 Å². The quantitative estimate of drug-likeness (QED) is 0.387. The van der Waals surface area contributed by atoms with Gasteiger partial charge in [-0.15, -0.1) is 0 Å². The van der Waals surface area contributed by atoms with Crippen molar-refractivity contribution in [2.24, 2.45) is 17.3 Å². The number of benzene rings is 1. The maximum absolute atomic E-state index is 13.8. The zero-order valence-electron chi connectivity index (χ0n) is 21.5. The lowest BCUT2D eigenvalue weighted by molar-refractivity contribution is -0.158. The van der Waals surface area contributed by atoms with E-state index in [4.69, 9.17) is 23.2 Å². The van der Waals surface area contributed by atoms with Crippen molar-refractivity contribution in [2.45, 2.75) is 58.0 Å². The van der Waals surface area contributed by atoms with Crippen LogP contribution in [0.3, 0.4) is 0 Å². The molecule has 2 N–H and O–H groups in total. The Morgan fingerprint density at radius 2 is 1.92 bits per heavy atom. The number of carboxylic acid groups (broad SMARTS) is 1. The molecule has 1 aromatic heterocycles. The summed E-state index contributed by atoms with van der Waals surface area (Å²) in [6.07, 6.45) is 2.18. The Balaban J connectivity index is 1.22. The number of carbonyl (C=O) groups is 1. The second kappa shape index (κ2) is 10.7. The summed E-state index contributed by atoms with van der Waals surface area (Å²) in [5, 5.41) is 13.5. The highest BCUT2D eigenvalue weighted by atomic mass is 35.5. The number of nitrogens with zero attached hydrogens (tertiary/aromatic N) is 4. The van der Waals surface area contributed by atoms with E-state index in [2.05, 4.69) is 20.2 Å². The number of piperidine rings is 1. The van der Waals surface area contributed by atoms with Crippen LogP contribution in [0.15, 0.2) is 24.4 Å². The summed E-state index contributed by atoms with van der Waals surface area (Å²) in [6, 6.07) is 5.09. The molecule has 2 aromatic rings. The summed E-state index contributed by atoms with van der Waals surface area (Å²) >= 11 is 12.3. The lowest BCUT2D eigenvalue weighted by Gasteiger charge is -2.52. The standard InChI is InChI=1S/C27H33Cl2F2N5O2/c1-15(20-6-5-18(28)8-22(20)29)33-24-21(23(30)31)11-32-26(34-24)36-13-17(14-36)16-4-3-7-35(12-16)19-9-27(2,10-19)25(37)38/h5-6,8,11,15-17,19,23H,3-4,7,9-10,12-14H2,1-2H3,(H,37,38)(H,32,33,34)/t15-,16+,19?,27?/m1/s1. The van der Waals surface area contributed by atoms with Crippen LogP contribution in [-0.4, -0.2) is 58.2 Å². The van der Waals surface area contributed by atoms with Crippen molar-refractivity contribution in [3.05, 3.63) is 45.6 Å². The van der Waals surface area contributed by atoms with Crippen LogP contribution in [0.25, 0.3) is 0 Å². The molecule has 0 spiro atoms. The largest absolute Gasteiger partial charge is 0.481 e. The molecule has 206 valence electrons. The predicted octanol–water partition coefficient (Wildman–Crippen LogP) is 6.30. The Hall–Kier alpha value is -2.23. The number of carboxylic acids is 1. The van der Waals surface area contributed by atoms with E-state index in [1.54, 1.807) is 18.2 Å². The smallest absolute Gasteiger partial charge is 0.309 e. The van der Waals surface area contributed by atoms with Gasteiger partial charge in [0.15, 0.2) is 0 Å². The average molecular weight is 568 g/mol. The molecular formula is C27H33Cl2F2N5O2. The van der Waals surface area contributed by atoms with Crippen LogP contribution in [0.4, 0.5) is 20.5 Å². The molecule has 0 bridgehead atoms. The maximum Gasteiger partial charge on any atom is 0.309 e. The number of nitrogens with one attached hydrogen (secondary N) is 1. The van der Waals surface area contributed by atoms with Crippen LogP contribution < -0.4 is 10.2 Å². The summed E-state index contributed by atoms with van der Waals surface area (Å²) in [4.78, 5) is 24.7. The molecule has 0 radical (unpaired) electrons. The number of aliphatic carboxylic acids is 1. The summed E-state index contributed by atoms with van der Waals surface area (Å²) in [5.41, 5.74) is -0.105. The molecular weight excluding hydrogens is 535 g/mol. The van der Waals surface area contributed by atoms with Gasteiger partial charge >= 0.3 is 5.97 Å². The lowest BCUT2D eigenvalue weighted by atomic mass is 9.65. The van der Waals surface area contributed by atoms with Gasteiger partial charge in [0.25, 0.3) is 6.43 Å². The summed E-state index contributed by atoms with van der Waals surface area (Å²) in [6.45, 7) is 7.24. The number of halogens is 4. The van der Waals surface area contributed by atoms with Gasteiger partial charge < -0.3 is 20.2 Å². The zero-order chi connectivity index (χ0) is 27.2. The number of hydrogen-bond donors (Lipinski definition) is 2. The van der Waals surface area contributed by atoms with Gasteiger partial charge in [-0.1, -0.05) is 29.3 Å². The van der Waals surface area contributed by atoms with E-state index in [9.17, 15) is 18.7 Å². The van der Waals surface area contributed by atoms with Crippen LogP contribution in [0.5, 0.6) is 0 Å². The number of rotatable bonds is 8. The molecule has 11 heteroatoms. The van der Waals surface area contributed by atoms with E-state index >= 15 is 0 Å². The molecule has 38 heavy (non-hydrogen) atoms. The second-order valence-electron chi connectivity index (χ2n) is 11.3. The van der Waals surface area contributed by atoms with Gasteiger partial charge in [-0.2, -0.15) is 4.98 Å². The van der Waals surface area contributed by atoms with Gasteiger partial charge in [0, 0.05) is 41.9 Å². The van der Waals surface area contributed by atoms with Crippen molar-refractivity contribution in [3.63, 3.8) is 0 Å². The fraction of sp³-hybridized carbons (Fsp3) is 0.593. The van der Waals surface area contributed by atoms with Crippen LogP contribution in [0.2, 0.25) is 10.0 Å². The van der Waals surface area contributed by atoms with E-state index in [1.807, 2.05) is 18.7 Å². The maximum atomic E-state index is 13.8. The molecule has 2 atom stereocenters. The number of anilines is 2. The minimum Gasteiger partial charge on any atom is -0.481 e. The van der Waals surface area contributed by atoms with E-state index in [0.717, 1.165) is 44.6 Å². The zero-order valence-corrected chi connectivity index (χ0v) is 23.0. The number of aromatic nitrogens is 2. The Morgan fingerprint density at radius 1 is 1.18 bits per heavy atom. The highest BCUT2D eigenvalue weighted by Gasteiger charge is 2.49. The molecule has 1 aliphatic carbocycles. The number of alkyl halides is 2. The van der Waals surface area contributed by atoms with Gasteiger partial charge in [0.1, 0.15) is 5.82 Å². The molecule has 3 aliphatic rings. The first-order valence-corrected chi connectivity index (χ1v) is 13.9. The summed E-state index contributed by atoms with van der Waals surface area (Å²) in [5.74, 6) is 0.843. The third-order valence-corrected chi connectivity index (χ3v) is 9.14. The second-order valence-corrected chi connectivity index (χ2v) is 12.1. The first kappa shape index (κ1) is 27.3. The fourth-order valence-corrected chi connectivity index (χ4v) is 6.66. The molecule has 2 aliphatic heterocycles. The van der Waals surface area contributed by atoms with Gasteiger partial charge in [-0.25, -0.2) is 13.8 Å². The molecule has 1 saturated carbocycles. The van der Waals surface area contributed by atoms with Crippen LogP contribution >= 0.6 is 23.2 Å². The summed E-state index contributed by atoms with van der Waals surface area (Å²) in [7, 11) is 0. The molecule has 7 nitrogen and oxygen atoms in total. The Kier molecular flexibility index (Phi) is 7.73. The van der Waals surface area contributed by atoms with Crippen LogP contribution in [0.1, 0.15) is 63.1 Å². The molecule has 2 saturated heterocycles. The fourth-order valence-electron chi connectivity index (χ4n) is 6.09. The molecule has 3 fully saturated rings. The molecule has 5 rings (SSSR count). The molecule has 0 amide bonds. The van der Waals surface area contributed by atoms with E-state index < -0.39 is 17.8 Å². The highest BCUT2D eigenvalue weighted by Crippen LogP contribution is 2.45.